The van der Waals surface area contributed by atoms with E-state index in [1.807, 2.05) is 42.5 Å². The molecule has 9 nitrogen and oxygen atoms in total. The summed E-state index contributed by atoms with van der Waals surface area (Å²) in [5, 5.41) is 23.7. The first kappa shape index (κ1) is 26.3. The predicted octanol–water partition coefficient (Wildman–Crippen LogP) is 3.22. The van der Waals surface area contributed by atoms with Crippen molar-refractivity contribution in [3.63, 3.8) is 0 Å². The quantitative estimate of drug-likeness (QED) is 0.550. The Hall–Kier alpha value is -3.30. The molecule has 1 saturated carbocycles. The molecule has 0 unspecified atom stereocenters. The van der Waals surface area contributed by atoms with Gasteiger partial charge in [-0.3, -0.25) is 4.90 Å². The molecule has 1 aliphatic rings. The number of hydrogen-bond acceptors (Lipinski definition) is 7. The lowest BCUT2D eigenvalue weighted by molar-refractivity contribution is 0.0164. The van der Waals surface area contributed by atoms with Gasteiger partial charge in [-0.2, -0.15) is 0 Å². The highest BCUT2D eigenvalue weighted by molar-refractivity contribution is 5.70. The van der Waals surface area contributed by atoms with Crippen molar-refractivity contribution in [2.24, 2.45) is 0 Å². The number of nitrogens with one attached hydrogen (secondary N) is 1. The summed E-state index contributed by atoms with van der Waals surface area (Å²) < 4.78 is 16.1. The molecule has 0 heterocycles. The van der Waals surface area contributed by atoms with Gasteiger partial charge in [0.15, 0.2) is 0 Å². The minimum Gasteiger partial charge on any atom is -0.497 e. The molecule has 190 valence electrons. The minimum atomic E-state index is -1.28. The Labute approximate surface area is 205 Å². The van der Waals surface area contributed by atoms with Gasteiger partial charge in [0.1, 0.15) is 24.1 Å². The molecule has 35 heavy (non-hydrogen) atoms. The SMILES string of the molecule is COc1ccc(CN(C(=O)OCc2ccccc2)[C@H]2C[C@@H](O)[C@H](O)[C@@H]2NC(=O)OC(C)(C)C)cc1. The molecule has 0 bridgehead atoms. The number of hydrogen-bond donors (Lipinski definition) is 3. The fourth-order valence-electron chi connectivity index (χ4n) is 3.99. The van der Waals surface area contributed by atoms with Crippen molar-refractivity contribution < 1.29 is 34.0 Å². The van der Waals surface area contributed by atoms with Crippen LogP contribution in [-0.4, -0.2) is 64.3 Å². The zero-order chi connectivity index (χ0) is 25.6. The lowest BCUT2D eigenvalue weighted by Gasteiger charge is -2.33. The van der Waals surface area contributed by atoms with Gasteiger partial charge in [0.25, 0.3) is 0 Å². The van der Waals surface area contributed by atoms with Gasteiger partial charge in [0.05, 0.1) is 25.3 Å². The second-order valence-electron chi connectivity index (χ2n) is 9.55. The van der Waals surface area contributed by atoms with Crippen molar-refractivity contribution in [3.8, 4) is 5.75 Å². The van der Waals surface area contributed by atoms with Crippen molar-refractivity contribution in [2.45, 2.75) is 70.2 Å². The van der Waals surface area contributed by atoms with Crippen molar-refractivity contribution in [2.75, 3.05) is 7.11 Å². The fraction of sp³-hybridized carbons (Fsp3) is 0.462. The Kier molecular flexibility index (Phi) is 8.58. The van der Waals surface area contributed by atoms with Crippen LogP contribution in [0.4, 0.5) is 9.59 Å². The van der Waals surface area contributed by atoms with E-state index in [0.29, 0.717) is 5.75 Å². The molecular formula is C26H34N2O7. The van der Waals surface area contributed by atoms with Gasteiger partial charge in [0, 0.05) is 6.54 Å². The second-order valence-corrected chi connectivity index (χ2v) is 9.55. The van der Waals surface area contributed by atoms with Crippen molar-refractivity contribution in [1.29, 1.82) is 0 Å². The van der Waals surface area contributed by atoms with Crippen molar-refractivity contribution in [1.82, 2.24) is 10.2 Å². The Balaban J connectivity index is 1.83. The number of aliphatic hydroxyl groups is 2. The summed E-state index contributed by atoms with van der Waals surface area (Å²) >= 11 is 0. The number of ether oxygens (including phenoxy) is 3. The topological polar surface area (TPSA) is 118 Å². The van der Waals surface area contributed by atoms with E-state index in [1.165, 1.54) is 4.90 Å². The average molecular weight is 487 g/mol. The molecule has 0 aliphatic heterocycles. The van der Waals surface area contributed by atoms with Crippen molar-refractivity contribution in [3.05, 3.63) is 65.7 Å². The number of carbonyl (C=O) groups is 2. The Morgan fingerprint density at radius 3 is 2.29 bits per heavy atom. The van der Waals surface area contributed by atoms with Gasteiger partial charge >= 0.3 is 12.2 Å². The maximum atomic E-state index is 13.3. The zero-order valence-corrected chi connectivity index (χ0v) is 20.5. The predicted molar refractivity (Wildman–Crippen MR) is 129 cm³/mol. The van der Waals surface area contributed by atoms with Crippen LogP contribution in [0.15, 0.2) is 54.6 Å². The van der Waals surface area contributed by atoms with Gasteiger partial charge in [-0.25, -0.2) is 9.59 Å². The number of nitrogens with zero attached hydrogens (tertiary/aromatic N) is 1. The second kappa shape index (κ2) is 11.4. The molecule has 2 aromatic carbocycles. The van der Waals surface area contributed by atoms with E-state index in [2.05, 4.69) is 5.32 Å². The molecule has 3 N–H and O–H groups in total. The number of rotatable bonds is 7. The Morgan fingerprint density at radius 1 is 1.03 bits per heavy atom. The average Bonchev–Trinajstić information content (AvgIpc) is 3.09. The number of carbonyl (C=O) groups excluding carboxylic acids is 2. The first-order valence-corrected chi connectivity index (χ1v) is 11.5. The molecule has 2 amide bonds. The van der Waals surface area contributed by atoms with Crippen molar-refractivity contribution >= 4 is 12.2 Å². The lowest BCUT2D eigenvalue weighted by atomic mass is 10.1. The van der Waals surface area contributed by atoms with E-state index in [9.17, 15) is 19.8 Å². The van der Waals surface area contributed by atoms with Gasteiger partial charge in [-0.15, -0.1) is 0 Å². The summed E-state index contributed by atoms with van der Waals surface area (Å²) in [6.45, 7) is 5.36. The fourth-order valence-corrected chi connectivity index (χ4v) is 3.99. The van der Waals surface area contributed by atoms with Crippen LogP contribution < -0.4 is 10.1 Å². The summed E-state index contributed by atoms with van der Waals surface area (Å²) in [6, 6.07) is 14.7. The smallest absolute Gasteiger partial charge is 0.410 e. The summed E-state index contributed by atoms with van der Waals surface area (Å²) in [5.74, 6) is 0.670. The monoisotopic (exact) mass is 486 g/mol. The molecule has 1 aliphatic carbocycles. The van der Waals surface area contributed by atoms with E-state index < -0.39 is 42.1 Å². The zero-order valence-electron chi connectivity index (χ0n) is 20.5. The molecule has 1 fully saturated rings. The highest BCUT2D eigenvalue weighted by Gasteiger charge is 2.47. The molecule has 4 atom stereocenters. The van der Waals surface area contributed by atoms with Crippen LogP contribution in [0.3, 0.4) is 0 Å². The minimum absolute atomic E-state index is 0.0538. The lowest BCUT2D eigenvalue weighted by Crippen LogP contribution is -2.55. The molecular weight excluding hydrogens is 452 g/mol. The Bertz CT molecular complexity index is 975. The van der Waals surface area contributed by atoms with E-state index in [-0.39, 0.29) is 19.6 Å². The third kappa shape index (κ3) is 7.34. The van der Waals surface area contributed by atoms with Crippen LogP contribution in [0.1, 0.15) is 38.3 Å². The molecule has 9 heteroatoms. The van der Waals surface area contributed by atoms with E-state index in [0.717, 1.165) is 11.1 Å². The summed E-state index contributed by atoms with van der Waals surface area (Å²) in [4.78, 5) is 27.2. The third-order valence-corrected chi connectivity index (χ3v) is 5.70. The molecule has 0 saturated heterocycles. The highest BCUT2D eigenvalue weighted by Crippen LogP contribution is 2.29. The molecule has 0 spiro atoms. The molecule has 0 aromatic heterocycles. The molecule has 0 radical (unpaired) electrons. The van der Waals surface area contributed by atoms with Crippen LogP contribution in [0, 0.1) is 0 Å². The van der Waals surface area contributed by atoms with Crippen LogP contribution in [0.5, 0.6) is 5.75 Å². The summed E-state index contributed by atoms with van der Waals surface area (Å²) in [5.41, 5.74) is 0.855. The maximum absolute atomic E-state index is 13.3. The van der Waals surface area contributed by atoms with Gasteiger partial charge in [-0.1, -0.05) is 42.5 Å². The third-order valence-electron chi connectivity index (χ3n) is 5.70. The summed E-state index contributed by atoms with van der Waals surface area (Å²) in [6.07, 6.45) is -3.75. The van der Waals surface area contributed by atoms with Crippen LogP contribution >= 0.6 is 0 Å². The Morgan fingerprint density at radius 2 is 1.69 bits per heavy atom. The number of aliphatic hydroxyl groups excluding tert-OH is 2. The normalized spacial score (nSPS) is 21.8. The summed E-state index contributed by atoms with van der Waals surface area (Å²) in [7, 11) is 1.57. The highest BCUT2D eigenvalue weighted by atomic mass is 16.6. The maximum Gasteiger partial charge on any atom is 0.410 e. The number of amides is 2. The van der Waals surface area contributed by atoms with E-state index in [1.54, 1.807) is 40.0 Å². The molecule has 2 aromatic rings. The first-order chi connectivity index (χ1) is 16.6. The first-order valence-electron chi connectivity index (χ1n) is 11.5. The van der Waals surface area contributed by atoms with E-state index in [4.69, 9.17) is 14.2 Å². The molecule has 3 rings (SSSR count). The van der Waals surface area contributed by atoms with Gasteiger partial charge < -0.3 is 29.7 Å². The number of benzene rings is 2. The van der Waals surface area contributed by atoms with E-state index >= 15 is 0 Å². The number of alkyl carbamates (subject to hydrolysis) is 1. The van der Waals surface area contributed by atoms with Gasteiger partial charge in [-0.05, 0) is 50.5 Å². The van der Waals surface area contributed by atoms with Crippen LogP contribution in [-0.2, 0) is 22.6 Å². The number of methoxy groups -OCH3 is 1. The standard InChI is InChI=1S/C26H34N2O7/c1-26(2,3)35-24(31)27-22-20(14-21(29)23(22)30)28(15-17-10-12-19(33-4)13-11-17)25(32)34-16-18-8-6-5-7-9-18/h5-13,20-23,29-30H,14-16H2,1-4H3,(H,27,31)/t20-,21+,22+,23-/m0/s1. The van der Waals surface area contributed by atoms with Crippen LogP contribution in [0.25, 0.3) is 0 Å². The largest absolute Gasteiger partial charge is 0.497 e. The van der Waals surface area contributed by atoms with Crippen LogP contribution in [0.2, 0.25) is 0 Å². The van der Waals surface area contributed by atoms with Gasteiger partial charge in [0.2, 0.25) is 0 Å².